The molecule has 0 fully saturated rings. The maximum Gasteiger partial charge on any atom is 0.330 e. The highest BCUT2D eigenvalue weighted by atomic mass is 79.9. The summed E-state index contributed by atoms with van der Waals surface area (Å²) in [6.45, 7) is 2.47. The van der Waals surface area contributed by atoms with Crippen molar-refractivity contribution >= 4 is 40.0 Å². The standard InChI is InChI=1S/C16H17BrO4/c1-2-20-15(18)9-7-13-3-5-14(6-4-13)8-10-16(19)21-12-11-17/h3-10H,2,11-12H2,1H3/b9-7+,10-8+. The van der Waals surface area contributed by atoms with E-state index < -0.39 is 0 Å². The van der Waals surface area contributed by atoms with Crippen molar-refractivity contribution in [1.82, 2.24) is 0 Å². The fraction of sp³-hybridized carbons (Fsp3) is 0.250. The third-order valence-electron chi connectivity index (χ3n) is 2.37. The van der Waals surface area contributed by atoms with Crippen LogP contribution in [0.5, 0.6) is 0 Å². The van der Waals surface area contributed by atoms with Gasteiger partial charge in [0.15, 0.2) is 0 Å². The molecule has 1 aromatic carbocycles. The zero-order valence-electron chi connectivity index (χ0n) is 11.8. The van der Waals surface area contributed by atoms with Crippen LogP contribution in [-0.2, 0) is 19.1 Å². The Morgan fingerprint density at radius 1 is 1.00 bits per heavy atom. The topological polar surface area (TPSA) is 52.6 Å². The summed E-state index contributed by atoms with van der Waals surface area (Å²) in [6.07, 6.45) is 6.11. The molecular weight excluding hydrogens is 336 g/mol. The molecule has 4 nitrogen and oxygen atoms in total. The van der Waals surface area contributed by atoms with Crippen LogP contribution in [0.4, 0.5) is 0 Å². The van der Waals surface area contributed by atoms with Gasteiger partial charge in [-0.25, -0.2) is 9.59 Å². The van der Waals surface area contributed by atoms with Crippen molar-refractivity contribution in [3.05, 3.63) is 47.5 Å². The van der Waals surface area contributed by atoms with E-state index in [2.05, 4.69) is 15.9 Å². The largest absolute Gasteiger partial charge is 0.463 e. The van der Waals surface area contributed by atoms with E-state index in [9.17, 15) is 9.59 Å². The van der Waals surface area contributed by atoms with Crippen LogP contribution >= 0.6 is 15.9 Å². The van der Waals surface area contributed by atoms with Crippen molar-refractivity contribution in [1.29, 1.82) is 0 Å². The molecule has 0 saturated carbocycles. The van der Waals surface area contributed by atoms with Crippen LogP contribution in [0.1, 0.15) is 18.1 Å². The fourth-order valence-electron chi connectivity index (χ4n) is 1.42. The molecule has 0 unspecified atom stereocenters. The van der Waals surface area contributed by atoms with E-state index in [1.807, 2.05) is 24.3 Å². The van der Waals surface area contributed by atoms with E-state index in [1.165, 1.54) is 12.2 Å². The second-order valence-corrected chi connectivity index (χ2v) is 4.73. The van der Waals surface area contributed by atoms with Gasteiger partial charge in [-0.15, -0.1) is 0 Å². The predicted molar refractivity (Wildman–Crippen MR) is 85.9 cm³/mol. The smallest absolute Gasteiger partial charge is 0.330 e. The minimum Gasteiger partial charge on any atom is -0.463 e. The highest BCUT2D eigenvalue weighted by Crippen LogP contribution is 2.08. The van der Waals surface area contributed by atoms with Gasteiger partial charge in [0.1, 0.15) is 6.61 Å². The maximum atomic E-state index is 11.3. The van der Waals surface area contributed by atoms with Gasteiger partial charge in [-0.1, -0.05) is 40.2 Å². The number of rotatable bonds is 7. The Morgan fingerprint density at radius 2 is 1.48 bits per heavy atom. The number of esters is 2. The third kappa shape index (κ3) is 7.46. The number of benzene rings is 1. The van der Waals surface area contributed by atoms with Crippen molar-refractivity contribution < 1.29 is 19.1 Å². The molecule has 0 N–H and O–H groups in total. The molecule has 0 radical (unpaired) electrons. The average molecular weight is 353 g/mol. The molecule has 0 bridgehead atoms. The number of hydrogen-bond acceptors (Lipinski definition) is 4. The van der Waals surface area contributed by atoms with E-state index in [4.69, 9.17) is 9.47 Å². The third-order valence-corrected chi connectivity index (χ3v) is 2.69. The molecular formula is C16H17BrO4. The Balaban J connectivity index is 2.56. The van der Waals surface area contributed by atoms with Gasteiger partial charge < -0.3 is 9.47 Å². The normalized spacial score (nSPS) is 11.0. The molecule has 0 aromatic heterocycles. The number of carbonyl (C=O) groups is 2. The summed E-state index contributed by atoms with van der Waals surface area (Å²) in [5.41, 5.74) is 1.75. The van der Waals surface area contributed by atoms with Crippen LogP contribution in [0, 0.1) is 0 Å². The van der Waals surface area contributed by atoms with Crippen LogP contribution < -0.4 is 0 Å². The maximum absolute atomic E-state index is 11.3. The summed E-state index contributed by atoms with van der Waals surface area (Å²) < 4.78 is 9.68. The number of alkyl halides is 1. The van der Waals surface area contributed by atoms with Crippen molar-refractivity contribution in [3.8, 4) is 0 Å². The van der Waals surface area contributed by atoms with Gasteiger partial charge >= 0.3 is 11.9 Å². The van der Waals surface area contributed by atoms with Gasteiger partial charge in [0.25, 0.3) is 0 Å². The minimum absolute atomic E-state index is 0.348. The molecule has 0 saturated heterocycles. The van der Waals surface area contributed by atoms with Gasteiger partial charge in [-0.3, -0.25) is 0 Å². The first-order valence-electron chi connectivity index (χ1n) is 6.51. The van der Waals surface area contributed by atoms with Crippen molar-refractivity contribution in [2.24, 2.45) is 0 Å². The molecule has 0 aliphatic carbocycles. The van der Waals surface area contributed by atoms with E-state index in [0.717, 1.165) is 11.1 Å². The summed E-state index contributed by atoms with van der Waals surface area (Å²) >= 11 is 3.18. The molecule has 0 spiro atoms. The Morgan fingerprint density at radius 3 is 1.90 bits per heavy atom. The molecule has 5 heteroatoms. The van der Waals surface area contributed by atoms with Gasteiger partial charge in [-0.05, 0) is 30.2 Å². The lowest BCUT2D eigenvalue weighted by Crippen LogP contribution is -2.02. The lowest BCUT2D eigenvalue weighted by atomic mass is 10.1. The zero-order valence-corrected chi connectivity index (χ0v) is 13.3. The minimum atomic E-state index is -0.374. The molecule has 0 aliphatic rings. The van der Waals surface area contributed by atoms with Gasteiger partial charge in [0.05, 0.1) is 6.61 Å². The number of carbonyl (C=O) groups excluding carboxylic acids is 2. The van der Waals surface area contributed by atoms with Crippen LogP contribution in [0.3, 0.4) is 0 Å². The first-order chi connectivity index (χ1) is 10.2. The quantitative estimate of drug-likeness (QED) is 0.429. The SMILES string of the molecule is CCOC(=O)/C=C/c1ccc(/C=C/C(=O)OCCBr)cc1. The Bertz CT molecular complexity index is 518. The van der Waals surface area contributed by atoms with Crippen LogP contribution in [0.15, 0.2) is 36.4 Å². The summed E-state index contributed by atoms with van der Waals surface area (Å²) in [7, 11) is 0. The molecule has 1 aromatic rings. The predicted octanol–water partition coefficient (Wildman–Crippen LogP) is 3.21. The Kier molecular flexibility index (Phi) is 8.12. The van der Waals surface area contributed by atoms with E-state index in [0.29, 0.717) is 18.5 Å². The number of halogens is 1. The lowest BCUT2D eigenvalue weighted by molar-refractivity contribution is -0.138. The Hall–Kier alpha value is -1.88. The average Bonchev–Trinajstić information content (AvgIpc) is 2.50. The monoisotopic (exact) mass is 352 g/mol. The lowest BCUT2D eigenvalue weighted by Gasteiger charge is -1.98. The first kappa shape index (κ1) is 17.2. The summed E-state index contributed by atoms with van der Waals surface area (Å²) in [5.74, 6) is -0.739. The van der Waals surface area contributed by atoms with Crippen molar-refractivity contribution in [3.63, 3.8) is 0 Å². The molecule has 21 heavy (non-hydrogen) atoms. The summed E-state index contributed by atoms with van der Waals surface area (Å²) in [4.78, 5) is 22.5. The van der Waals surface area contributed by atoms with E-state index >= 15 is 0 Å². The second-order valence-electron chi connectivity index (χ2n) is 3.94. The summed E-state index contributed by atoms with van der Waals surface area (Å²) in [5, 5.41) is 0.619. The number of ether oxygens (including phenoxy) is 2. The summed E-state index contributed by atoms with van der Waals surface area (Å²) in [6, 6.07) is 7.39. The van der Waals surface area contributed by atoms with Crippen LogP contribution in [0.2, 0.25) is 0 Å². The molecule has 0 atom stereocenters. The highest BCUT2D eigenvalue weighted by molar-refractivity contribution is 9.09. The van der Waals surface area contributed by atoms with Gasteiger partial charge in [0.2, 0.25) is 0 Å². The molecule has 0 heterocycles. The Labute approximate surface area is 132 Å². The molecule has 1 rings (SSSR count). The first-order valence-corrected chi connectivity index (χ1v) is 7.63. The van der Waals surface area contributed by atoms with Crippen molar-refractivity contribution in [2.75, 3.05) is 18.5 Å². The number of hydrogen-bond donors (Lipinski definition) is 0. The second kappa shape index (κ2) is 9.94. The zero-order chi connectivity index (χ0) is 15.5. The molecule has 0 aliphatic heterocycles. The fourth-order valence-corrected chi connectivity index (χ4v) is 1.59. The van der Waals surface area contributed by atoms with Crippen LogP contribution in [-0.4, -0.2) is 30.5 Å². The van der Waals surface area contributed by atoms with Gasteiger partial charge in [0, 0.05) is 17.5 Å². The van der Waals surface area contributed by atoms with Gasteiger partial charge in [-0.2, -0.15) is 0 Å². The molecule has 0 amide bonds. The van der Waals surface area contributed by atoms with Crippen LogP contribution in [0.25, 0.3) is 12.2 Å². The van der Waals surface area contributed by atoms with E-state index in [-0.39, 0.29) is 11.9 Å². The van der Waals surface area contributed by atoms with E-state index in [1.54, 1.807) is 19.1 Å². The highest BCUT2D eigenvalue weighted by Gasteiger charge is 1.96. The molecule has 112 valence electrons. The van der Waals surface area contributed by atoms with Crippen molar-refractivity contribution in [2.45, 2.75) is 6.92 Å².